The second kappa shape index (κ2) is 7.60. The van der Waals surface area contributed by atoms with Crippen molar-refractivity contribution in [2.24, 2.45) is 5.92 Å². The maximum Gasteiger partial charge on any atom is 0.245 e. The molecule has 2 aliphatic heterocycles. The molecule has 2 aliphatic rings. The van der Waals surface area contributed by atoms with Crippen molar-refractivity contribution < 1.29 is 9.59 Å². The molecule has 1 fully saturated rings. The van der Waals surface area contributed by atoms with Crippen LogP contribution in [0.3, 0.4) is 0 Å². The number of fused-ring (bicyclic) bond motifs is 1. The van der Waals surface area contributed by atoms with Crippen molar-refractivity contribution >= 4 is 23.6 Å². The summed E-state index contributed by atoms with van der Waals surface area (Å²) in [5.41, 5.74) is 2.35. The van der Waals surface area contributed by atoms with Crippen LogP contribution in [-0.4, -0.2) is 41.6 Å². The minimum atomic E-state index is -0.426. The van der Waals surface area contributed by atoms with E-state index in [1.165, 1.54) is 5.56 Å². The van der Waals surface area contributed by atoms with E-state index in [-0.39, 0.29) is 23.0 Å². The highest BCUT2D eigenvalue weighted by Crippen LogP contribution is 2.36. The third kappa shape index (κ3) is 3.61. The molecule has 1 saturated heterocycles. The van der Waals surface area contributed by atoms with E-state index in [1.54, 1.807) is 11.8 Å². The predicted octanol–water partition coefficient (Wildman–Crippen LogP) is 2.78. The van der Waals surface area contributed by atoms with Crippen LogP contribution >= 0.6 is 11.8 Å². The number of hydrogen-bond donors (Lipinski definition) is 1. The summed E-state index contributed by atoms with van der Waals surface area (Å²) in [6.45, 7) is 5.64. The lowest BCUT2D eigenvalue weighted by Gasteiger charge is -2.30. The van der Waals surface area contributed by atoms with Gasteiger partial charge >= 0.3 is 0 Å². The average molecular weight is 346 g/mol. The lowest BCUT2D eigenvalue weighted by atomic mass is 9.99. The Morgan fingerprint density at radius 2 is 1.92 bits per heavy atom. The summed E-state index contributed by atoms with van der Waals surface area (Å²) >= 11 is 1.67. The zero-order chi connectivity index (χ0) is 17.1. The van der Waals surface area contributed by atoms with Crippen molar-refractivity contribution in [1.29, 1.82) is 0 Å². The first-order valence-electron chi connectivity index (χ1n) is 8.86. The minimum Gasteiger partial charge on any atom is -0.343 e. The Morgan fingerprint density at radius 3 is 2.62 bits per heavy atom. The molecule has 2 atom stereocenters. The fraction of sp³-hybridized carbons (Fsp3) is 0.579. The number of rotatable bonds is 4. The smallest absolute Gasteiger partial charge is 0.245 e. The van der Waals surface area contributed by atoms with Crippen molar-refractivity contribution in [2.45, 2.75) is 44.4 Å². The van der Waals surface area contributed by atoms with Crippen molar-refractivity contribution in [3.8, 4) is 0 Å². The van der Waals surface area contributed by atoms with Crippen LogP contribution in [0.25, 0.3) is 0 Å². The van der Waals surface area contributed by atoms with Crippen LogP contribution in [0.15, 0.2) is 24.3 Å². The first-order chi connectivity index (χ1) is 11.6. The Hall–Kier alpha value is -1.49. The Labute approximate surface area is 148 Å². The molecule has 130 valence electrons. The zero-order valence-electron chi connectivity index (χ0n) is 14.5. The van der Waals surface area contributed by atoms with Gasteiger partial charge in [-0.25, -0.2) is 0 Å². The molecular weight excluding hydrogens is 320 g/mol. The molecule has 2 amide bonds. The Morgan fingerprint density at radius 1 is 1.21 bits per heavy atom. The molecule has 1 aromatic carbocycles. The fourth-order valence-corrected chi connectivity index (χ4v) is 4.69. The highest BCUT2D eigenvalue weighted by molar-refractivity contribution is 8.00. The number of carbonyl (C=O) groups excluding carboxylic acids is 2. The number of carbonyl (C=O) groups is 2. The number of benzene rings is 1. The van der Waals surface area contributed by atoms with E-state index in [1.807, 2.05) is 36.9 Å². The lowest BCUT2D eigenvalue weighted by Crippen LogP contribution is -2.51. The van der Waals surface area contributed by atoms with E-state index in [9.17, 15) is 9.59 Å². The molecule has 0 bridgehead atoms. The van der Waals surface area contributed by atoms with Gasteiger partial charge in [-0.2, -0.15) is 0 Å². The van der Waals surface area contributed by atoms with Gasteiger partial charge in [0.1, 0.15) is 11.3 Å². The molecule has 5 heteroatoms. The molecule has 3 rings (SSSR count). The number of aryl methyl sites for hydroxylation is 1. The molecule has 1 aromatic rings. The quantitative estimate of drug-likeness (QED) is 0.912. The maximum absolute atomic E-state index is 12.9. The van der Waals surface area contributed by atoms with Gasteiger partial charge in [0, 0.05) is 13.1 Å². The number of hydrogen-bond acceptors (Lipinski definition) is 3. The van der Waals surface area contributed by atoms with Crippen LogP contribution < -0.4 is 5.32 Å². The summed E-state index contributed by atoms with van der Waals surface area (Å²) in [7, 11) is 0. The molecule has 0 saturated carbocycles. The largest absolute Gasteiger partial charge is 0.343 e. The van der Waals surface area contributed by atoms with E-state index < -0.39 is 6.04 Å². The molecule has 1 N–H and O–H groups in total. The summed E-state index contributed by atoms with van der Waals surface area (Å²) in [5.74, 6) is 1.08. The molecule has 2 heterocycles. The standard InChI is InChI=1S/C19H26N2O2S/c1-13(2)16(19(23)21-10-5-6-11-21)20-18(22)17-15-8-4-3-7-14(15)9-12-24-17/h3-4,7-8,13,16-17H,5-6,9-12H2,1-2H3,(H,20,22)/t16-,17?/m0/s1. The molecular formula is C19H26N2O2S. The second-order valence-electron chi connectivity index (χ2n) is 6.96. The first kappa shape index (κ1) is 17.3. The molecule has 0 aromatic heterocycles. The number of nitrogens with one attached hydrogen (secondary N) is 1. The van der Waals surface area contributed by atoms with Crippen molar-refractivity contribution in [2.75, 3.05) is 18.8 Å². The van der Waals surface area contributed by atoms with Crippen LogP contribution in [0.2, 0.25) is 0 Å². The van der Waals surface area contributed by atoms with E-state index >= 15 is 0 Å². The Balaban J connectivity index is 1.73. The van der Waals surface area contributed by atoms with Crippen LogP contribution in [0.1, 0.15) is 43.1 Å². The summed E-state index contributed by atoms with van der Waals surface area (Å²) < 4.78 is 0. The predicted molar refractivity (Wildman–Crippen MR) is 97.9 cm³/mol. The number of nitrogens with zero attached hydrogens (tertiary/aromatic N) is 1. The van der Waals surface area contributed by atoms with Crippen LogP contribution in [0.5, 0.6) is 0 Å². The van der Waals surface area contributed by atoms with Gasteiger partial charge in [-0.05, 0) is 42.1 Å². The summed E-state index contributed by atoms with van der Waals surface area (Å²) in [6.07, 6.45) is 3.14. The van der Waals surface area contributed by atoms with Crippen LogP contribution in [0, 0.1) is 5.92 Å². The third-order valence-electron chi connectivity index (χ3n) is 4.88. The van der Waals surface area contributed by atoms with Crippen molar-refractivity contribution in [3.05, 3.63) is 35.4 Å². The molecule has 0 spiro atoms. The van der Waals surface area contributed by atoms with Gasteiger partial charge in [0.2, 0.25) is 11.8 Å². The average Bonchev–Trinajstić information content (AvgIpc) is 3.12. The first-order valence-corrected chi connectivity index (χ1v) is 9.91. The highest BCUT2D eigenvalue weighted by atomic mass is 32.2. The molecule has 0 aliphatic carbocycles. The molecule has 24 heavy (non-hydrogen) atoms. The van der Waals surface area contributed by atoms with Crippen molar-refractivity contribution in [3.63, 3.8) is 0 Å². The van der Waals surface area contributed by atoms with Gasteiger partial charge in [-0.1, -0.05) is 38.1 Å². The summed E-state index contributed by atoms with van der Waals surface area (Å²) in [5, 5.41) is 2.85. The van der Waals surface area contributed by atoms with Gasteiger partial charge in [0.05, 0.1) is 0 Å². The fourth-order valence-electron chi connectivity index (χ4n) is 3.49. The summed E-state index contributed by atoms with van der Waals surface area (Å²) in [6, 6.07) is 7.73. The van der Waals surface area contributed by atoms with Gasteiger partial charge < -0.3 is 10.2 Å². The molecule has 1 unspecified atom stereocenters. The number of likely N-dealkylation sites (tertiary alicyclic amines) is 1. The Kier molecular flexibility index (Phi) is 5.49. The van der Waals surface area contributed by atoms with Gasteiger partial charge in [-0.15, -0.1) is 11.8 Å². The van der Waals surface area contributed by atoms with E-state index in [0.29, 0.717) is 0 Å². The highest BCUT2D eigenvalue weighted by Gasteiger charge is 2.34. The third-order valence-corrected chi connectivity index (χ3v) is 6.12. The van der Waals surface area contributed by atoms with Crippen molar-refractivity contribution in [1.82, 2.24) is 10.2 Å². The van der Waals surface area contributed by atoms with E-state index in [4.69, 9.17) is 0 Å². The number of thioether (sulfide) groups is 1. The van der Waals surface area contributed by atoms with E-state index in [0.717, 1.165) is 43.7 Å². The van der Waals surface area contributed by atoms with Gasteiger partial charge in [-0.3, -0.25) is 9.59 Å². The van der Waals surface area contributed by atoms with Crippen LogP contribution in [-0.2, 0) is 16.0 Å². The Bertz CT molecular complexity index is 611. The topological polar surface area (TPSA) is 49.4 Å². The van der Waals surface area contributed by atoms with E-state index in [2.05, 4.69) is 11.4 Å². The normalized spacial score (nSPS) is 21.5. The van der Waals surface area contributed by atoms with Gasteiger partial charge in [0.25, 0.3) is 0 Å². The maximum atomic E-state index is 12.9. The monoisotopic (exact) mass is 346 g/mol. The second-order valence-corrected chi connectivity index (χ2v) is 8.18. The van der Waals surface area contributed by atoms with Crippen LogP contribution in [0.4, 0.5) is 0 Å². The summed E-state index contributed by atoms with van der Waals surface area (Å²) in [4.78, 5) is 27.5. The zero-order valence-corrected chi connectivity index (χ0v) is 15.3. The SMILES string of the molecule is CC(C)[C@H](NC(=O)C1SCCc2ccccc21)C(=O)N1CCCC1. The number of amides is 2. The lowest BCUT2D eigenvalue weighted by molar-refractivity contribution is -0.136. The minimum absolute atomic E-state index is 0.0293. The molecule has 4 nitrogen and oxygen atoms in total. The van der Waals surface area contributed by atoms with Gasteiger partial charge in [0.15, 0.2) is 0 Å². The molecule has 0 radical (unpaired) electrons.